The third kappa shape index (κ3) is 14.1. The highest BCUT2D eigenvalue weighted by Crippen LogP contribution is 2.33. The molecule has 4 aromatic carbocycles. The second-order valence-electron chi connectivity index (χ2n) is 14.1. The molecule has 4 N–H and O–H groups in total. The van der Waals surface area contributed by atoms with Crippen LogP contribution in [0.2, 0.25) is 0 Å². The molecule has 0 aromatic heterocycles. The van der Waals surface area contributed by atoms with E-state index in [2.05, 4.69) is 16.0 Å². The van der Waals surface area contributed by atoms with Crippen LogP contribution in [0.4, 0.5) is 9.59 Å². The third-order valence-corrected chi connectivity index (χ3v) is 8.47. The van der Waals surface area contributed by atoms with Crippen LogP contribution in [0.3, 0.4) is 0 Å². The van der Waals surface area contributed by atoms with Gasteiger partial charge in [0.25, 0.3) is 0 Å². The van der Waals surface area contributed by atoms with Gasteiger partial charge in [0.05, 0.1) is 21.3 Å². The molecule has 4 aromatic rings. The van der Waals surface area contributed by atoms with Crippen molar-refractivity contribution in [1.82, 2.24) is 16.0 Å². The highest BCUT2D eigenvalue weighted by atomic mass is 16.6. The summed E-state index contributed by atoms with van der Waals surface area (Å²) in [6, 6.07) is 24.1. The fourth-order valence-corrected chi connectivity index (χ4v) is 5.59. The van der Waals surface area contributed by atoms with Gasteiger partial charge < -0.3 is 49.5 Å². The van der Waals surface area contributed by atoms with Gasteiger partial charge in [-0.2, -0.15) is 0 Å². The number of carboxylic acid groups (broad SMARTS) is 1. The zero-order valence-corrected chi connectivity index (χ0v) is 33.2. The van der Waals surface area contributed by atoms with Crippen molar-refractivity contribution in [2.75, 3.05) is 21.3 Å². The number of methoxy groups -OCH3 is 3. The van der Waals surface area contributed by atoms with Crippen molar-refractivity contribution >= 4 is 30.0 Å². The smallest absolute Gasteiger partial charge is 0.408 e. The first kappa shape index (κ1) is 44.0. The summed E-state index contributed by atoms with van der Waals surface area (Å²) in [6.07, 6.45) is -1.63. The van der Waals surface area contributed by atoms with E-state index < -0.39 is 53.8 Å². The Bertz CT molecular complexity index is 2000. The Morgan fingerprint density at radius 2 is 1.17 bits per heavy atom. The Balaban J connectivity index is 1.48. The number of alkyl carbamates (subject to hydrolysis) is 2. The standard InChI is InChI=1S/C43H49N3O12/c1-43(2,3)58-42(52)46-34(39(48)49)23-28-14-19-32(20-15-28)57-37-25-30(16-21-36(37)54-5)24-35(40(50)55-6)44-38(47)33(22-27-12-17-31(53-4)18-13-27)45-41(51)56-26-29-10-8-7-9-11-29/h7-21,25,33-35H,22-24,26H2,1-6H3,(H,44,47)(H,45,51)(H,46,52)(H,48,49)/t33-,34-,35-/m0/s1. The number of carboxylic acids is 1. The molecule has 3 atom stereocenters. The summed E-state index contributed by atoms with van der Waals surface area (Å²) in [4.78, 5) is 63.9. The topological polar surface area (TPSA) is 197 Å². The van der Waals surface area contributed by atoms with Gasteiger partial charge in [-0.05, 0) is 79.4 Å². The lowest BCUT2D eigenvalue weighted by Gasteiger charge is -2.23. The van der Waals surface area contributed by atoms with Crippen LogP contribution in [0.25, 0.3) is 0 Å². The fraction of sp³-hybridized carbons (Fsp3) is 0.326. The molecular weight excluding hydrogens is 750 g/mol. The maximum Gasteiger partial charge on any atom is 0.408 e. The minimum atomic E-state index is -1.23. The molecular formula is C43H49N3O12. The number of carbonyl (C=O) groups excluding carboxylic acids is 4. The predicted molar refractivity (Wildman–Crippen MR) is 212 cm³/mol. The monoisotopic (exact) mass is 799 g/mol. The van der Waals surface area contributed by atoms with Crippen LogP contribution in [0.15, 0.2) is 97.1 Å². The molecule has 15 nitrogen and oxygen atoms in total. The Labute approximate surface area is 336 Å². The molecule has 0 saturated carbocycles. The first-order valence-corrected chi connectivity index (χ1v) is 18.3. The van der Waals surface area contributed by atoms with Crippen LogP contribution in [0, 0.1) is 0 Å². The van der Waals surface area contributed by atoms with E-state index in [0.29, 0.717) is 33.9 Å². The van der Waals surface area contributed by atoms with E-state index in [9.17, 15) is 29.1 Å². The largest absolute Gasteiger partial charge is 0.497 e. The van der Waals surface area contributed by atoms with E-state index in [4.69, 9.17) is 28.4 Å². The minimum absolute atomic E-state index is 0.0142. The van der Waals surface area contributed by atoms with Crippen molar-refractivity contribution in [3.8, 4) is 23.0 Å². The number of aliphatic carboxylic acids is 1. The SMILES string of the molecule is COC(=O)[C@H](Cc1ccc(OC)c(Oc2ccc(C[C@H](NC(=O)OC(C)(C)C)C(=O)O)cc2)c1)NC(=O)[C@H](Cc1ccc(OC)cc1)NC(=O)OCc1ccccc1. The van der Waals surface area contributed by atoms with Gasteiger partial charge in [-0.25, -0.2) is 19.2 Å². The molecule has 15 heteroatoms. The first-order valence-electron chi connectivity index (χ1n) is 18.3. The van der Waals surface area contributed by atoms with Crippen LogP contribution < -0.4 is 30.2 Å². The van der Waals surface area contributed by atoms with E-state index in [0.717, 1.165) is 5.56 Å². The molecule has 0 fully saturated rings. The number of carbonyl (C=O) groups is 5. The van der Waals surface area contributed by atoms with Crippen LogP contribution >= 0.6 is 0 Å². The third-order valence-electron chi connectivity index (χ3n) is 8.47. The molecule has 0 spiro atoms. The van der Waals surface area contributed by atoms with Crippen LogP contribution in [0.1, 0.15) is 43.0 Å². The molecule has 0 saturated heterocycles. The molecule has 0 bridgehead atoms. The molecule has 58 heavy (non-hydrogen) atoms. The van der Waals surface area contributed by atoms with Gasteiger partial charge in [0.15, 0.2) is 11.5 Å². The van der Waals surface area contributed by atoms with Crippen LogP contribution in [-0.2, 0) is 54.5 Å². The molecule has 0 unspecified atom stereocenters. The molecule has 0 aliphatic heterocycles. The molecule has 0 radical (unpaired) electrons. The van der Waals surface area contributed by atoms with Gasteiger partial charge in [0.2, 0.25) is 5.91 Å². The van der Waals surface area contributed by atoms with E-state index in [1.807, 2.05) is 18.2 Å². The average molecular weight is 800 g/mol. The number of hydrogen-bond acceptors (Lipinski definition) is 11. The van der Waals surface area contributed by atoms with E-state index in [1.165, 1.54) is 21.3 Å². The quantitative estimate of drug-likeness (QED) is 0.0703. The Kier molecular flexibility index (Phi) is 15.9. The number of esters is 1. The van der Waals surface area contributed by atoms with Crippen molar-refractivity contribution < 1.29 is 57.5 Å². The number of hydrogen-bond donors (Lipinski definition) is 4. The maximum absolute atomic E-state index is 13.8. The minimum Gasteiger partial charge on any atom is -0.497 e. The summed E-state index contributed by atoms with van der Waals surface area (Å²) in [5, 5.41) is 17.4. The summed E-state index contributed by atoms with van der Waals surface area (Å²) in [6.45, 7) is 5.02. The van der Waals surface area contributed by atoms with Crippen molar-refractivity contribution in [2.45, 2.75) is 70.4 Å². The highest BCUT2D eigenvalue weighted by molar-refractivity contribution is 5.90. The zero-order chi connectivity index (χ0) is 42.2. The Morgan fingerprint density at radius 1 is 0.603 bits per heavy atom. The second kappa shape index (κ2) is 20.9. The van der Waals surface area contributed by atoms with E-state index in [-0.39, 0.29) is 31.6 Å². The number of nitrogens with one attached hydrogen (secondary N) is 3. The molecule has 0 aliphatic rings. The van der Waals surface area contributed by atoms with Crippen molar-refractivity contribution in [2.24, 2.45) is 0 Å². The maximum atomic E-state index is 13.8. The summed E-state index contributed by atoms with van der Waals surface area (Å²) in [7, 11) is 4.20. The number of rotatable bonds is 18. The van der Waals surface area contributed by atoms with Gasteiger partial charge in [0, 0.05) is 19.3 Å². The fourth-order valence-electron chi connectivity index (χ4n) is 5.59. The molecule has 4 rings (SSSR count). The molecule has 3 amide bonds. The van der Waals surface area contributed by atoms with Gasteiger partial charge in [-0.1, -0.05) is 60.7 Å². The van der Waals surface area contributed by atoms with Crippen molar-refractivity contribution in [1.29, 1.82) is 0 Å². The molecule has 0 heterocycles. The summed E-state index contributed by atoms with van der Waals surface area (Å²) in [5.74, 6) is -0.939. The van der Waals surface area contributed by atoms with Crippen molar-refractivity contribution in [3.05, 3.63) is 119 Å². The Morgan fingerprint density at radius 3 is 1.74 bits per heavy atom. The molecule has 0 aliphatic carbocycles. The van der Waals surface area contributed by atoms with Crippen LogP contribution in [0.5, 0.6) is 23.0 Å². The summed E-state index contributed by atoms with van der Waals surface area (Å²) in [5.41, 5.74) is 1.86. The number of ether oxygens (including phenoxy) is 6. The average Bonchev–Trinajstić information content (AvgIpc) is 3.19. The lowest BCUT2D eigenvalue weighted by Crippen LogP contribution is -2.53. The van der Waals surface area contributed by atoms with Gasteiger partial charge >= 0.3 is 24.1 Å². The molecule has 308 valence electrons. The first-order chi connectivity index (χ1) is 27.7. The summed E-state index contributed by atoms with van der Waals surface area (Å²) < 4.78 is 32.5. The zero-order valence-electron chi connectivity index (χ0n) is 33.2. The predicted octanol–water partition coefficient (Wildman–Crippen LogP) is 5.75. The van der Waals surface area contributed by atoms with Gasteiger partial charge in [0.1, 0.15) is 41.8 Å². The van der Waals surface area contributed by atoms with Crippen molar-refractivity contribution in [3.63, 3.8) is 0 Å². The number of amides is 3. The van der Waals surface area contributed by atoms with Gasteiger partial charge in [-0.3, -0.25) is 4.79 Å². The van der Waals surface area contributed by atoms with Gasteiger partial charge in [-0.15, -0.1) is 0 Å². The van der Waals surface area contributed by atoms with E-state index >= 15 is 0 Å². The number of benzene rings is 4. The summed E-state index contributed by atoms with van der Waals surface area (Å²) >= 11 is 0. The lowest BCUT2D eigenvalue weighted by molar-refractivity contribution is -0.145. The second-order valence-corrected chi connectivity index (χ2v) is 14.1. The normalized spacial score (nSPS) is 12.4. The van der Waals surface area contributed by atoms with Crippen LogP contribution in [-0.4, -0.2) is 80.2 Å². The Hall–Kier alpha value is -6.77. The highest BCUT2D eigenvalue weighted by Gasteiger charge is 2.29. The van der Waals surface area contributed by atoms with E-state index in [1.54, 1.807) is 99.6 Å². The lowest BCUT2D eigenvalue weighted by atomic mass is 10.0.